The molecule has 3 aromatic rings. The fourth-order valence-corrected chi connectivity index (χ4v) is 5.69. The lowest BCUT2D eigenvalue weighted by Gasteiger charge is -2.36. The summed E-state index contributed by atoms with van der Waals surface area (Å²) < 4.78 is 100. The molecule has 0 saturated carbocycles. The molecule has 0 bridgehead atoms. The number of aromatic nitrogens is 2. The number of rotatable bonds is 5. The number of halogens is 7. The number of H-pyrrole nitrogens is 1. The van der Waals surface area contributed by atoms with Crippen LogP contribution in [-0.2, 0) is 21.9 Å². The van der Waals surface area contributed by atoms with Crippen LogP contribution in [0.2, 0.25) is 0 Å². The normalized spacial score (nSPS) is 24.6. The van der Waals surface area contributed by atoms with Crippen LogP contribution in [-0.4, -0.2) is 39.7 Å². The number of aromatic amines is 1. The maximum atomic E-state index is 13.7. The monoisotopic (exact) mass is 555 g/mol. The number of hydrogen-bond donors (Lipinski definition) is 1. The van der Waals surface area contributed by atoms with Gasteiger partial charge in [-0.25, -0.2) is 4.39 Å². The SMILES string of the molecule is C[C@@H](O[C@H]1CN2C(=O)CC(c3cn[nH]c3)C[C@H]2[C@@H]1c1ccc(F)cc1)c1cc(C(F)(F)F)cc(C(F)(F)F)c1. The molecule has 12 heteroatoms. The van der Waals surface area contributed by atoms with Crippen LogP contribution < -0.4 is 0 Å². The fourth-order valence-electron chi connectivity index (χ4n) is 5.69. The number of alkyl halides is 6. The zero-order valence-electron chi connectivity index (χ0n) is 20.6. The Morgan fingerprint density at radius 3 is 2.21 bits per heavy atom. The van der Waals surface area contributed by atoms with Gasteiger partial charge in [0.25, 0.3) is 0 Å². The van der Waals surface area contributed by atoms with Gasteiger partial charge in [0.05, 0.1) is 29.5 Å². The van der Waals surface area contributed by atoms with Gasteiger partial charge in [-0.3, -0.25) is 9.89 Å². The van der Waals surface area contributed by atoms with Crippen LogP contribution in [0.5, 0.6) is 0 Å². The van der Waals surface area contributed by atoms with E-state index in [-0.39, 0.29) is 42.5 Å². The maximum absolute atomic E-state index is 13.7. The van der Waals surface area contributed by atoms with E-state index in [2.05, 4.69) is 10.2 Å². The lowest BCUT2D eigenvalue weighted by molar-refractivity contribution is -0.143. The van der Waals surface area contributed by atoms with Crippen molar-refractivity contribution in [2.45, 2.75) is 62.2 Å². The van der Waals surface area contributed by atoms with E-state index in [9.17, 15) is 35.5 Å². The first-order chi connectivity index (χ1) is 18.3. The molecule has 1 amide bonds. The molecule has 5 rings (SSSR count). The van der Waals surface area contributed by atoms with E-state index in [1.165, 1.54) is 19.1 Å². The highest BCUT2D eigenvalue weighted by molar-refractivity contribution is 5.79. The number of carbonyl (C=O) groups is 1. The van der Waals surface area contributed by atoms with Crippen LogP contribution >= 0.6 is 0 Å². The van der Waals surface area contributed by atoms with Crippen molar-refractivity contribution in [1.82, 2.24) is 15.1 Å². The molecule has 208 valence electrons. The Balaban J connectivity index is 1.48. The topological polar surface area (TPSA) is 58.2 Å². The second kappa shape index (κ2) is 9.96. The predicted octanol–water partition coefficient (Wildman–Crippen LogP) is 6.60. The van der Waals surface area contributed by atoms with Gasteiger partial charge in [0, 0.05) is 31.1 Å². The van der Waals surface area contributed by atoms with Gasteiger partial charge < -0.3 is 9.64 Å². The molecule has 2 saturated heterocycles. The van der Waals surface area contributed by atoms with Crippen molar-refractivity contribution in [3.05, 3.63) is 88.5 Å². The smallest absolute Gasteiger partial charge is 0.368 e. The first-order valence-electron chi connectivity index (χ1n) is 12.3. The number of piperidine rings is 1. The van der Waals surface area contributed by atoms with Crippen LogP contribution in [0.3, 0.4) is 0 Å². The van der Waals surface area contributed by atoms with Crippen LogP contribution in [0.4, 0.5) is 30.7 Å². The molecule has 2 aliphatic heterocycles. The first-order valence-corrected chi connectivity index (χ1v) is 12.3. The average molecular weight is 555 g/mol. The van der Waals surface area contributed by atoms with Crippen molar-refractivity contribution in [3.63, 3.8) is 0 Å². The number of carbonyl (C=O) groups excluding carboxylic acids is 1. The van der Waals surface area contributed by atoms with Gasteiger partial charge in [-0.15, -0.1) is 0 Å². The molecule has 1 N–H and O–H groups in total. The number of amides is 1. The zero-order chi connectivity index (χ0) is 28.1. The molecule has 5 nitrogen and oxygen atoms in total. The van der Waals surface area contributed by atoms with Gasteiger partial charge >= 0.3 is 12.4 Å². The molecule has 0 spiro atoms. The van der Waals surface area contributed by atoms with Crippen molar-refractivity contribution in [1.29, 1.82) is 0 Å². The van der Waals surface area contributed by atoms with Crippen LogP contribution in [0.1, 0.15) is 65.5 Å². The van der Waals surface area contributed by atoms with E-state index in [1.807, 2.05) is 0 Å². The maximum Gasteiger partial charge on any atom is 0.416 e. The van der Waals surface area contributed by atoms with E-state index in [0.29, 0.717) is 24.1 Å². The molecule has 0 aliphatic carbocycles. The Kier molecular flexibility index (Phi) is 6.94. The van der Waals surface area contributed by atoms with Gasteiger partial charge in [0.1, 0.15) is 5.82 Å². The number of nitrogens with one attached hydrogen (secondary N) is 1. The van der Waals surface area contributed by atoms with E-state index in [1.54, 1.807) is 29.4 Å². The Morgan fingerprint density at radius 1 is 1.00 bits per heavy atom. The Morgan fingerprint density at radius 2 is 1.64 bits per heavy atom. The molecule has 5 atom stereocenters. The van der Waals surface area contributed by atoms with Crippen molar-refractivity contribution >= 4 is 5.91 Å². The lowest BCUT2D eigenvalue weighted by Crippen LogP contribution is -2.43. The van der Waals surface area contributed by atoms with Crippen molar-refractivity contribution in [2.24, 2.45) is 0 Å². The summed E-state index contributed by atoms with van der Waals surface area (Å²) in [4.78, 5) is 14.8. The van der Waals surface area contributed by atoms with Crippen molar-refractivity contribution < 1.29 is 40.3 Å². The molecular formula is C27H24F7N3O2. The van der Waals surface area contributed by atoms with Gasteiger partial charge in [-0.1, -0.05) is 12.1 Å². The van der Waals surface area contributed by atoms with Crippen LogP contribution in [0, 0.1) is 5.82 Å². The summed E-state index contributed by atoms with van der Waals surface area (Å²) in [6.45, 7) is 1.48. The molecule has 1 unspecified atom stereocenters. The average Bonchev–Trinajstić information content (AvgIpc) is 3.52. The largest absolute Gasteiger partial charge is 0.416 e. The molecule has 39 heavy (non-hydrogen) atoms. The summed E-state index contributed by atoms with van der Waals surface area (Å²) in [6.07, 6.45) is -7.81. The van der Waals surface area contributed by atoms with E-state index in [4.69, 9.17) is 4.74 Å². The Labute approximate surface area is 219 Å². The van der Waals surface area contributed by atoms with E-state index in [0.717, 1.165) is 5.56 Å². The van der Waals surface area contributed by atoms with Crippen molar-refractivity contribution in [2.75, 3.05) is 6.54 Å². The molecule has 1 aromatic heterocycles. The van der Waals surface area contributed by atoms with Crippen molar-refractivity contribution in [3.8, 4) is 0 Å². The third kappa shape index (κ3) is 5.52. The number of benzene rings is 2. The third-order valence-corrected chi connectivity index (χ3v) is 7.56. The third-order valence-electron chi connectivity index (χ3n) is 7.56. The molecule has 0 radical (unpaired) electrons. The summed E-state index contributed by atoms with van der Waals surface area (Å²) in [5.74, 6) is -1.25. The Hall–Kier alpha value is -3.41. The molecule has 2 aliphatic rings. The number of hydrogen-bond acceptors (Lipinski definition) is 3. The fraction of sp³-hybridized carbons (Fsp3) is 0.407. The highest BCUT2D eigenvalue weighted by atomic mass is 19.4. The summed E-state index contributed by atoms with van der Waals surface area (Å²) in [7, 11) is 0. The number of fused-ring (bicyclic) bond motifs is 1. The van der Waals surface area contributed by atoms with Gasteiger partial charge in [0.15, 0.2) is 0 Å². The van der Waals surface area contributed by atoms with Gasteiger partial charge in [-0.05, 0) is 66.3 Å². The van der Waals surface area contributed by atoms with Gasteiger partial charge in [-0.2, -0.15) is 31.4 Å². The summed E-state index contributed by atoms with van der Waals surface area (Å²) >= 11 is 0. The minimum absolute atomic E-state index is 0.0715. The van der Waals surface area contributed by atoms with Crippen LogP contribution in [0.15, 0.2) is 54.9 Å². The minimum atomic E-state index is -4.99. The number of ether oxygens (including phenoxy) is 1. The summed E-state index contributed by atoms with van der Waals surface area (Å²) in [5.41, 5.74) is -1.65. The summed E-state index contributed by atoms with van der Waals surface area (Å²) in [5, 5.41) is 6.69. The van der Waals surface area contributed by atoms with Crippen LogP contribution in [0.25, 0.3) is 0 Å². The van der Waals surface area contributed by atoms with Gasteiger partial charge in [0.2, 0.25) is 5.91 Å². The second-order valence-corrected chi connectivity index (χ2v) is 10.0. The van der Waals surface area contributed by atoms with E-state index >= 15 is 0 Å². The zero-order valence-corrected chi connectivity index (χ0v) is 20.6. The second-order valence-electron chi connectivity index (χ2n) is 10.0. The molecular weight excluding hydrogens is 531 g/mol. The molecule has 2 fully saturated rings. The number of nitrogens with zero attached hydrogens (tertiary/aromatic N) is 2. The van der Waals surface area contributed by atoms with E-state index < -0.39 is 47.4 Å². The highest BCUT2D eigenvalue weighted by Gasteiger charge is 2.49. The first kappa shape index (κ1) is 27.2. The quantitative estimate of drug-likeness (QED) is 0.361. The molecule has 2 aromatic carbocycles. The molecule has 3 heterocycles. The lowest BCUT2D eigenvalue weighted by atomic mass is 9.80. The Bertz CT molecular complexity index is 1290. The minimum Gasteiger partial charge on any atom is -0.368 e. The highest BCUT2D eigenvalue weighted by Crippen LogP contribution is 2.46. The summed E-state index contributed by atoms with van der Waals surface area (Å²) in [6, 6.07) is 6.64. The standard InChI is InChI=1S/C27H24F7N3O2/c1-14(16-6-19(26(29,30)31)10-20(7-16)27(32,33)34)39-23-13-37-22(25(23)15-2-4-21(28)5-3-15)8-17(9-24(37)38)18-11-35-36-12-18/h2-7,10-12,14,17,22-23,25H,8-9,13H2,1H3,(H,35,36)/t14-,17?,22+,23+,25+/m1/s1. The predicted molar refractivity (Wildman–Crippen MR) is 125 cm³/mol.